The van der Waals surface area contributed by atoms with Crippen LogP contribution in [0.15, 0.2) is 0 Å². The lowest BCUT2D eigenvalue weighted by atomic mass is 10.1. The summed E-state index contributed by atoms with van der Waals surface area (Å²) < 4.78 is 16.4. The maximum atomic E-state index is 9.81. The number of hydrogen-bond donors (Lipinski definition) is 3. The first-order valence-electron chi connectivity index (χ1n) is 6.87. The molecule has 6 nitrogen and oxygen atoms in total. The minimum Gasteiger partial charge on any atom is -0.390 e. The monoisotopic (exact) mass is 277 g/mol. The molecule has 6 heteroatoms. The number of methoxy groups -OCH3 is 1. The van der Waals surface area contributed by atoms with Crippen molar-refractivity contribution in [2.45, 2.75) is 44.8 Å². The molecule has 1 heterocycles. The van der Waals surface area contributed by atoms with Gasteiger partial charge in [0, 0.05) is 26.7 Å². The van der Waals surface area contributed by atoms with Gasteiger partial charge in [0.05, 0.1) is 19.3 Å². The first-order chi connectivity index (χ1) is 8.99. The highest BCUT2D eigenvalue weighted by Crippen LogP contribution is 2.25. The maximum absolute atomic E-state index is 9.81. The first kappa shape index (κ1) is 16.8. The van der Waals surface area contributed by atoms with E-state index < -0.39 is 18.1 Å². The summed E-state index contributed by atoms with van der Waals surface area (Å²) in [7, 11) is 1.66. The van der Waals surface area contributed by atoms with Crippen molar-refractivity contribution in [1.82, 2.24) is 5.32 Å². The lowest BCUT2D eigenvalue weighted by Crippen LogP contribution is -2.59. The number of rotatable bonds is 8. The van der Waals surface area contributed by atoms with Crippen molar-refractivity contribution >= 4 is 0 Å². The van der Waals surface area contributed by atoms with Crippen molar-refractivity contribution in [2.24, 2.45) is 5.92 Å². The van der Waals surface area contributed by atoms with Crippen molar-refractivity contribution in [3.63, 3.8) is 0 Å². The molecule has 0 saturated carbocycles. The Labute approximate surface area is 115 Å². The van der Waals surface area contributed by atoms with E-state index in [1.807, 2.05) is 13.8 Å². The summed E-state index contributed by atoms with van der Waals surface area (Å²) in [6, 6.07) is 0. The van der Waals surface area contributed by atoms with Crippen LogP contribution in [0.25, 0.3) is 0 Å². The second-order valence-electron chi connectivity index (χ2n) is 5.38. The third-order valence-corrected chi connectivity index (χ3v) is 2.98. The zero-order valence-electron chi connectivity index (χ0n) is 12.1. The van der Waals surface area contributed by atoms with Crippen LogP contribution in [-0.4, -0.2) is 61.8 Å². The number of hydrogen-bond acceptors (Lipinski definition) is 6. The van der Waals surface area contributed by atoms with Crippen molar-refractivity contribution in [3.8, 4) is 0 Å². The summed E-state index contributed by atoms with van der Waals surface area (Å²) in [6.45, 7) is 6.00. The Morgan fingerprint density at radius 3 is 2.68 bits per heavy atom. The first-order valence-corrected chi connectivity index (χ1v) is 6.87. The van der Waals surface area contributed by atoms with Gasteiger partial charge in [0.25, 0.3) is 0 Å². The number of nitrogens with one attached hydrogen (secondary N) is 1. The molecule has 1 rings (SSSR count). The van der Waals surface area contributed by atoms with Gasteiger partial charge in [-0.2, -0.15) is 0 Å². The van der Waals surface area contributed by atoms with Gasteiger partial charge in [-0.1, -0.05) is 13.8 Å². The molecule has 0 unspecified atom stereocenters. The minimum absolute atomic E-state index is 0.0660. The summed E-state index contributed by atoms with van der Waals surface area (Å²) in [4.78, 5) is 0. The molecule has 0 aromatic rings. The van der Waals surface area contributed by atoms with Crippen LogP contribution in [0.1, 0.15) is 26.7 Å². The van der Waals surface area contributed by atoms with Crippen molar-refractivity contribution in [1.29, 1.82) is 0 Å². The lowest BCUT2D eigenvalue weighted by Gasteiger charge is -2.41. The topological polar surface area (TPSA) is 80.2 Å². The molecule has 1 fully saturated rings. The Hall–Kier alpha value is -0.240. The summed E-state index contributed by atoms with van der Waals surface area (Å²) in [5.41, 5.74) is 0. The van der Waals surface area contributed by atoms with Crippen LogP contribution < -0.4 is 5.32 Å². The van der Waals surface area contributed by atoms with E-state index in [-0.39, 0.29) is 13.0 Å². The van der Waals surface area contributed by atoms with Gasteiger partial charge in [-0.25, -0.2) is 0 Å². The largest absolute Gasteiger partial charge is 0.390 e. The molecule has 0 bridgehead atoms. The van der Waals surface area contributed by atoms with Crippen LogP contribution >= 0.6 is 0 Å². The van der Waals surface area contributed by atoms with Gasteiger partial charge in [-0.3, -0.25) is 5.32 Å². The van der Waals surface area contributed by atoms with Crippen LogP contribution in [0.5, 0.6) is 0 Å². The van der Waals surface area contributed by atoms with Gasteiger partial charge < -0.3 is 24.4 Å². The molecule has 0 amide bonds. The van der Waals surface area contributed by atoms with E-state index in [4.69, 9.17) is 14.2 Å². The van der Waals surface area contributed by atoms with E-state index >= 15 is 0 Å². The highest BCUT2D eigenvalue weighted by molar-refractivity contribution is 4.82. The molecular formula is C13H27NO5. The van der Waals surface area contributed by atoms with E-state index in [1.165, 1.54) is 0 Å². The van der Waals surface area contributed by atoms with E-state index in [0.29, 0.717) is 25.7 Å². The molecule has 0 aromatic heterocycles. The molecule has 1 aliphatic rings. The molecule has 1 saturated heterocycles. The Balaban J connectivity index is 2.51. The van der Waals surface area contributed by atoms with Gasteiger partial charge in [0.1, 0.15) is 6.10 Å². The maximum Gasteiger partial charge on any atom is 0.230 e. The van der Waals surface area contributed by atoms with Crippen molar-refractivity contribution in [2.75, 3.05) is 33.5 Å². The van der Waals surface area contributed by atoms with Crippen LogP contribution in [0.3, 0.4) is 0 Å². The van der Waals surface area contributed by atoms with Gasteiger partial charge in [0.15, 0.2) is 0 Å². The van der Waals surface area contributed by atoms with E-state index in [9.17, 15) is 10.2 Å². The van der Waals surface area contributed by atoms with Gasteiger partial charge in [-0.05, 0) is 12.3 Å². The van der Waals surface area contributed by atoms with Crippen LogP contribution in [0.2, 0.25) is 0 Å². The van der Waals surface area contributed by atoms with E-state index in [1.54, 1.807) is 7.11 Å². The molecule has 0 aliphatic carbocycles. The molecule has 19 heavy (non-hydrogen) atoms. The van der Waals surface area contributed by atoms with Crippen molar-refractivity contribution in [3.05, 3.63) is 0 Å². The zero-order valence-corrected chi connectivity index (χ0v) is 12.1. The zero-order chi connectivity index (χ0) is 14.3. The predicted octanol–water partition coefficient (Wildman–Crippen LogP) is 0.0810. The summed E-state index contributed by atoms with van der Waals surface area (Å²) in [5, 5.41) is 22.5. The lowest BCUT2D eigenvalue weighted by molar-refractivity contribution is -0.309. The Bertz CT molecular complexity index is 251. The Morgan fingerprint density at radius 1 is 1.37 bits per heavy atom. The highest BCUT2D eigenvalue weighted by atomic mass is 16.7. The molecule has 0 aromatic carbocycles. The fourth-order valence-corrected chi connectivity index (χ4v) is 1.87. The Kier molecular flexibility index (Phi) is 7.20. The van der Waals surface area contributed by atoms with Crippen molar-refractivity contribution < 1.29 is 24.4 Å². The summed E-state index contributed by atoms with van der Waals surface area (Å²) >= 11 is 0. The summed E-state index contributed by atoms with van der Waals surface area (Å²) in [6.07, 6.45) is -0.647. The molecule has 3 N–H and O–H groups in total. The van der Waals surface area contributed by atoms with Gasteiger partial charge >= 0.3 is 0 Å². The fraction of sp³-hybridized carbons (Fsp3) is 1.00. The third-order valence-electron chi connectivity index (χ3n) is 2.98. The van der Waals surface area contributed by atoms with Crippen LogP contribution in [-0.2, 0) is 14.2 Å². The average Bonchev–Trinajstić information content (AvgIpc) is 2.37. The number of ether oxygens (including phenoxy) is 3. The number of aliphatic hydroxyl groups is 2. The third kappa shape index (κ3) is 5.72. The van der Waals surface area contributed by atoms with Crippen LogP contribution in [0.4, 0.5) is 0 Å². The predicted molar refractivity (Wildman–Crippen MR) is 70.6 cm³/mol. The summed E-state index contributed by atoms with van der Waals surface area (Å²) in [5.74, 6) is -0.637. The molecular weight excluding hydrogens is 250 g/mol. The standard InChI is InChI=1S/C13H27NO5/c1-10(2)8-18-13(14-5-4-6-17-3)7-11(15)12(16)9-19-13/h10-12,14-16H,4-9H2,1-3H3/t11-,12+,13+/m0/s1. The smallest absolute Gasteiger partial charge is 0.230 e. The fourth-order valence-electron chi connectivity index (χ4n) is 1.87. The molecule has 114 valence electrons. The molecule has 3 atom stereocenters. The highest BCUT2D eigenvalue weighted by Gasteiger charge is 2.41. The van der Waals surface area contributed by atoms with E-state index in [2.05, 4.69) is 5.32 Å². The van der Waals surface area contributed by atoms with Gasteiger partial charge in [-0.15, -0.1) is 0 Å². The Morgan fingerprint density at radius 2 is 2.11 bits per heavy atom. The van der Waals surface area contributed by atoms with Crippen LogP contribution in [0, 0.1) is 5.92 Å². The molecule has 0 radical (unpaired) electrons. The number of aliphatic hydroxyl groups excluding tert-OH is 2. The minimum atomic E-state index is -1.00. The average molecular weight is 277 g/mol. The normalized spacial score (nSPS) is 31.9. The van der Waals surface area contributed by atoms with Gasteiger partial charge in [0.2, 0.25) is 5.91 Å². The molecule has 1 aliphatic heterocycles. The SMILES string of the molecule is COCCCN[C@@]1(OCC(C)C)C[C@H](O)[C@H](O)CO1. The quantitative estimate of drug-likeness (QED) is 0.431. The second kappa shape index (κ2) is 8.14. The van der Waals surface area contributed by atoms with E-state index in [0.717, 1.165) is 6.42 Å². The second-order valence-corrected chi connectivity index (χ2v) is 5.38. The molecule has 0 spiro atoms.